The number of hydrazine groups is 1. The summed E-state index contributed by atoms with van der Waals surface area (Å²) in [4.78, 5) is 0. The van der Waals surface area contributed by atoms with Crippen molar-refractivity contribution in [2.75, 3.05) is 39.3 Å². The molecule has 2 saturated heterocycles. The van der Waals surface area contributed by atoms with Crippen LogP contribution >= 0.6 is 0 Å². The number of rotatable bonds is 1. The zero-order valence-electron chi connectivity index (χ0n) is 7.05. The van der Waals surface area contributed by atoms with E-state index in [1.54, 1.807) is 0 Å². The summed E-state index contributed by atoms with van der Waals surface area (Å²) >= 11 is 0. The first-order valence-corrected chi connectivity index (χ1v) is 4.67. The Kier molecular flexibility index (Phi) is 2.41. The number of hydrogen-bond donors (Lipinski definition) is 1. The predicted octanol–water partition coefficient (Wildman–Crippen LogP) is -0.0976. The third kappa shape index (κ3) is 1.72. The lowest BCUT2D eigenvalue weighted by atomic mass is 10.4. The van der Waals surface area contributed by atoms with Crippen molar-refractivity contribution in [3.05, 3.63) is 0 Å². The Morgan fingerprint density at radius 1 is 0.727 bits per heavy atom. The van der Waals surface area contributed by atoms with Gasteiger partial charge >= 0.3 is 0 Å². The molecule has 2 rings (SSSR count). The quantitative estimate of drug-likeness (QED) is 0.570. The fourth-order valence-corrected chi connectivity index (χ4v) is 1.92. The lowest BCUT2D eigenvalue weighted by Gasteiger charge is -2.34. The van der Waals surface area contributed by atoms with E-state index in [9.17, 15) is 0 Å². The Hall–Kier alpha value is -0.120. The van der Waals surface area contributed by atoms with E-state index >= 15 is 0 Å². The first-order chi connectivity index (χ1) is 5.47. The summed E-state index contributed by atoms with van der Waals surface area (Å²) in [5.41, 5.74) is 0. The molecule has 0 aliphatic carbocycles. The van der Waals surface area contributed by atoms with Gasteiger partial charge in [0.05, 0.1) is 0 Å². The van der Waals surface area contributed by atoms with E-state index in [-0.39, 0.29) is 0 Å². The first-order valence-electron chi connectivity index (χ1n) is 4.67. The normalized spacial score (nSPS) is 29.5. The highest BCUT2D eigenvalue weighted by Crippen LogP contribution is 2.10. The van der Waals surface area contributed by atoms with Crippen LogP contribution in [0.15, 0.2) is 0 Å². The minimum Gasteiger partial charge on any atom is -0.314 e. The smallest absolute Gasteiger partial charge is 0.0259 e. The fraction of sp³-hybridized carbons (Fsp3) is 1.00. The van der Waals surface area contributed by atoms with Gasteiger partial charge in [-0.2, -0.15) is 0 Å². The molecule has 2 aliphatic heterocycles. The molecule has 2 fully saturated rings. The van der Waals surface area contributed by atoms with Crippen LogP contribution in [-0.4, -0.2) is 49.3 Å². The topological polar surface area (TPSA) is 18.5 Å². The summed E-state index contributed by atoms with van der Waals surface area (Å²) in [7, 11) is 0. The van der Waals surface area contributed by atoms with Crippen LogP contribution in [0.2, 0.25) is 0 Å². The van der Waals surface area contributed by atoms with Crippen molar-refractivity contribution in [1.82, 2.24) is 15.3 Å². The molecule has 0 aromatic rings. The van der Waals surface area contributed by atoms with E-state index in [0.717, 1.165) is 13.1 Å². The second kappa shape index (κ2) is 3.52. The summed E-state index contributed by atoms with van der Waals surface area (Å²) in [5, 5.41) is 8.39. The SMILES string of the molecule is C1CCN(N2CCNCC2)C1. The van der Waals surface area contributed by atoms with Crippen LogP contribution in [-0.2, 0) is 0 Å². The summed E-state index contributed by atoms with van der Waals surface area (Å²) in [5.74, 6) is 0. The molecule has 3 heteroatoms. The van der Waals surface area contributed by atoms with Crippen LogP contribution in [0.5, 0.6) is 0 Å². The van der Waals surface area contributed by atoms with Crippen LogP contribution in [0.25, 0.3) is 0 Å². The highest BCUT2D eigenvalue weighted by Gasteiger charge is 2.20. The maximum Gasteiger partial charge on any atom is 0.0259 e. The van der Waals surface area contributed by atoms with Crippen molar-refractivity contribution in [2.45, 2.75) is 12.8 Å². The van der Waals surface area contributed by atoms with E-state index < -0.39 is 0 Å². The molecule has 0 saturated carbocycles. The third-order valence-corrected chi connectivity index (χ3v) is 2.58. The van der Waals surface area contributed by atoms with Gasteiger partial charge in [0.25, 0.3) is 0 Å². The number of nitrogens with one attached hydrogen (secondary N) is 1. The molecule has 1 N–H and O–H groups in total. The zero-order chi connectivity index (χ0) is 7.52. The predicted molar refractivity (Wildman–Crippen MR) is 45.2 cm³/mol. The summed E-state index contributed by atoms with van der Waals surface area (Å²) in [6, 6.07) is 0. The monoisotopic (exact) mass is 155 g/mol. The molecule has 2 heterocycles. The third-order valence-electron chi connectivity index (χ3n) is 2.58. The van der Waals surface area contributed by atoms with Crippen molar-refractivity contribution in [3.63, 3.8) is 0 Å². The number of hydrogen-bond acceptors (Lipinski definition) is 3. The van der Waals surface area contributed by atoms with Gasteiger partial charge < -0.3 is 5.32 Å². The van der Waals surface area contributed by atoms with Gasteiger partial charge in [-0.05, 0) is 12.8 Å². The molecule has 64 valence electrons. The molecule has 0 radical (unpaired) electrons. The second-order valence-corrected chi connectivity index (χ2v) is 3.36. The van der Waals surface area contributed by atoms with Gasteiger partial charge in [0.15, 0.2) is 0 Å². The van der Waals surface area contributed by atoms with E-state index in [4.69, 9.17) is 0 Å². The minimum atomic E-state index is 1.16. The summed E-state index contributed by atoms with van der Waals surface area (Å²) < 4.78 is 0. The standard InChI is InChI=1S/C8H17N3/c1-2-6-10(5-1)11-7-3-9-4-8-11/h9H,1-8H2. The van der Waals surface area contributed by atoms with Gasteiger partial charge in [0.1, 0.15) is 0 Å². The van der Waals surface area contributed by atoms with Crippen LogP contribution in [0.1, 0.15) is 12.8 Å². The Morgan fingerprint density at radius 3 is 1.91 bits per heavy atom. The molecule has 0 amide bonds. The molecule has 0 bridgehead atoms. The average molecular weight is 155 g/mol. The maximum absolute atomic E-state index is 3.37. The van der Waals surface area contributed by atoms with Crippen molar-refractivity contribution < 1.29 is 0 Å². The van der Waals surface area contributed by atoms with Gasteiger partial charge in [0, 0.05) is 39.3 Å². The van der Waals surface area contributed by atoms with Crippen LogP contribution in [0.3, 0.4) is 0 Å². The van der Waals surface area contributed by atoms with Crippen molar-refractivity contribution in [1.29, 1.82) is 0 Å². The highest BCUT2D eigenvalue weighted by atomic mass is 15.6. The minimum absolute atomic E-state index is 1.16. The summed E-state index contributed by atoms with van der Waals surface area (Å²) in [6.07, 6.45) is 2.79. The Bertz CT molecular complexity index is 115. The van der Waals surface area contributed by atoms with Gasteiger partial charge in [-0.15, -0.1) is 0 Å². The van der Waals surface area contributed by atoms with Gasteiger partial charge in [-0.25, -0.2) is 10.0 Å². The van der Waals surface area contributed by atoms with E-state index in [2.05, 4.69) is 15.3 Å². The molecule has 0 unspecified atom stereocenters. The van der Waals surface area contributed by atoms with E-state index in [1.807, 2.05) is 0 Å². The number of piperazine rings is 1. The molecule has 2 aliphatic rings. The van der Waals surface area contributed by atoms with E-state index in [1.165, 1.54) is 39.0 Å². The van der Waals surface area contributed by atoms with Crippen LogP contribution in [0, 0.1) is 0 Å². The largest absolute Gasteiger partial charge is 0.314 e. The maximum atomic E-state index is 3.37. The van der Waals surface area contributed by atoms with Crippen LogP contribution < -0.4 is 5.32 Å². The zero-order valence-corrected chi connectivity index (χ0v) is 7.05. The van der Waals surface area contributed by atoms with Crippen molar-refractivity contribution >= 4 is 0 Å². The fourth-order valence-electron chi connectivity index (χ4n) is 1.92. The Morgan fingerprint density at radius 2 is 1.27 bits per heavy atom. The molecule has 3 nitrogen and oxygen atoms in total. The first kappa shape index (κ1) is 7.53. The molecule has 0 aromatic carbocycles. The Labute approximate surface area is 68.3 Å². The van der Waals surface area contributed by atoms with Gasteiger partial charge in [-0.1, -0.05) is 0 Å². The Balaban J connectivity index is 1.82. The molecule has 11 heavy (non-hydrogen) atoms. The van der Waals surface area contributed by atoms with Gasteiger partial charge in [-0.3, -0.25) is 0 Å². The van der Waals surface area contributed by atoms with Crippen LogP contribution in [0.4, 0.5) is 0 Å². The molecule has 0 atom stereocenters. The molecular weight excluding hydrogens is 138 g/mol. The molecular formula is C8H17N3. The van der Waals surface area contributed by atoms with Gasteiger partial charge in [0.2, 0.25) is 0 Å². The van der Waals surface area contributed by atoms with Crippen molar-refractivity contribution in [3.8, 4) is 0 Å². The highest BCUT2D eigenvalue weighted by molar-refractivity contribution is 4.70. The lowest BCUT2D eigenvalue weighted by Crippen LogP contribution is -2.51. The molecule has 0 spiro atoms. The average Bonchev–Trinajstić information content (AvgIpc) is 2.58. The van der Waals surface area contributed by atoms with Crippen molar-refractivity contribution in [2.24, 2.45) is 0 Å². The van der Waals surface area contributed by atoms with E-state index in [0.29, 0.717) is 0 Å². The number of nitrogens with zero attached hydrogens (tertiary/aromatic N) is 2. The second-order valence-electron chi connectivity index (χ2n) is 3.36. The summed E-state index contributed by atoms with van der Waals surface area (Å²) in [6.45, 7) is 7.33. The lowest BCUT2D eigenvalue weighted by molar-refractivity contribution is -0.0128. The molecule has 0 aromatic heterocycles.